The molecule has 3 heteroatoms. The maximum absolute atomic E-state index is 5.17. The minimum atomic E-state index is 0.673. The summed E-state index contributed by atoms with van der Waals surface area (Å²) in [5, 5.41) is 3.47. The number of methoxy groups -OCH3 is 1. The number of rotatable bonds is 4. The number of hydrogen-bond acceptors (Lipinski definition) is 3. The van der Waals surface area contributed by atoms with Gasteiger partial charge in [-0.25, -0.2) is 0 Å². The highest BCUT2D eigenvalue weighted by molar-refractivity contribution is 4.91. The van der Waals surface area contributed by atoms with Crippen LogP contribution in [0.2, 0.25) is 0 Å². The molecule has 0 spiro atoms. The van der Waals surface area contributed by atoms with E-state index in [2.05, 4.69) is 17.1 Å². The molecule has 2 fully saturated rings. The molecular formula is C11H22N2O. The molecule has 0 aromatic rings. The Morgan fingerprint density at radius 1 is 1.36 bits per heavy atom. The number of hydrogen-bond donors (Lipinski definition) is 1. The van der Waals surface area contributed by atoms with E-state index in [0.29, 0.717) is 5.92 Å². The second kappa shape index (κ2) is 4.60. The van der Waals surface area contributed by atoms with E-state index in [1.54, 1.807) is 7.11 Å². The molecule has 0 radical (unpaired) electrons. The van der Waals surface area contributed by atoms with Crippen molar-refractivity contribution in [3.63, 3.8) is 0 Å². The quantitative estimate of drug-likeness (QED) is 0.708. The third-order valence-corrected chi connectivity index (χ3v) is 3.49. The fourth-order valence-electron chi connectivity index (χ4n) is 2.88. The lowest BCUT2D eigenvalue weighted by Gasteiger charge is -2.21. The molecule has 82 valence electrons. The predicted octanol–water partition coefficient (Wildman–Crippen LogP) is 0.420. The van der Waals surface area contributed by atoms with Crippen LogP contribution in [0.5, 0.6) is 0 Å². The number of nitrogens with zero attached hydrogens (tertiary/aromatic N) is 1. The van der Waals surface area contributed by atoms with Crippen LogP contribution in [0.3, 0.4) is 0 Å². The molecule has 0 saturated carbocycles. The van der Waals surface area contributed by atoms with Crippen LogP contribution in [0, 0.1) is 17.8 Å². The average molecular weight is 198 g/mol. The fourth-order valence-corrected chi connectivity index (χ4v) is 2.88. The molecule has 2 aliphatic rings. The van der Waals surface area contributed by atoms with Gasteiger partial charge >= 0.3 is 0 Å². The maximum atomic E-state index is 5.17. The molecule has 0 bridgehead atoms. The predicted molar refractivity (Wildman–Crippen MR) is 57.3 cm³/mol. The first-order valence-electron chi connectivity index (χ1n) is 5.71. The maximum Gasteiger partial charge on any atom is 0.0500 e. The molecule has 0 amide bonds. The molecule has 2 saturated heterocycles. The Labute approximate surface area is 86.8 Å². The van der Waals surface area contributed by atoms with Gasteiger partial charge in [-0.3, -0.25) is 0 Å². The van der Waals surface area contributed by atoms with Crippen LogP contribution in [0.25, 0.3) is 0 Å². The van der Waals surface area contributed by atoms with E-state index in [0.717, 1.165) is 18.4 Å². The zero-order chi connectivity index (χ0) is 9.97. The Kier molecular flexibility index (Phi) is 3.42. The van der Waals surface area contributed by atoms with Gasteiger partial charge in [0.2, 0.25) is 0 Å². The topological polar surface area (TPSA) is 24.5 Å². The lowest BCUT2D eigenvalue weighted by atomic mass is 10.0. The van der Waals surface area contributed by atoms with Crippen LogP contribution in [0.15, 0.2) is 0 Å². The molecule has 14 heavy (non-hydrogen) atoms. The number of ether oxygens (including phenoxy) is 1. The summed E-state index contributed by atoms with van der Waals surface area (Å²) in [7, 11) is 1.79. The third-order valence-electron chi connectivity index (χ3n) is 3.49. The Hall–Kier alpha value is -0.120. The first-order valence-corrected chi connectivity index (χ1v) is 5.71. The minimum Gasteiger partial charge on any atom is -0.384 e. The summed E-state index contributed by atoms with van der Waals surface area (Å²) in [6.07, 6.45) is 0. The van der Waals surface area contributed by atoms with E-state index in [-0.39, 0.29) is 0 Å². The second-order valence-electron chi connectivity index (χ2n) is 4.96. The normalized spacial score (nSPS) is 34.7. The Morgan fingerprint density at radius 2 is 2.00 bits per heavy atom. The SMILES string of the molecule is COCC(C)CN1CC2CNCC2C1. The minimum absolute atomic E-state index is 0.673. The van der Waals surface area contributed by atoms with Crippen molar-refractivity contribution in [2.75, 3.05) is 46.4 Å². The van der Waals surface area contributed by atoms with Crippen LogP contribution in [0.4, 0.5) is 0 Å². The van der Waals surface area contributed by atoms with Crippen molar-refractivity contribution >= 4 is 0 Å². The summed E-state index contributed by atoms with van der Waals surface area (Å²) in [5.41, 5.74) is 0. The van der Waals surface area contributed by atoms with Crippen molar-refractivity contribution in [1.82, 2.24) is 10.2 Å². The monoisotopic (exact) mass is 198 g/mol. The van der Waals surface area contributed by atoms with E-state index in [4.69, 9.17) is 4.74 Å². The fraction of sp³-hybridized carbons (Fsp3) is 1.00. The number of nitrogens with one attached hydrogen (secondary N) is 1. The van der Waals surface area contributed by atoms with Crippen molar-refractivity contribution in [2.24, 2.45) is 17.8 Å². The van der Waals surface area contributed by atoms with Crippen LogP contribution in [-0.2, 0) is 4.74 Å². The van der Waals surface area contributed by atoms with Crippen LogP contribution < -0.4 is 5.32 Å². The summed E-state index contributed by atoms with van der Waals surface area (Å²) < 4.78 is 5.17. The summed E-state index contributed by atoms with van der Waals surface area (Å²) in [6, 6.07) is 0. The molecule has 3 unspecified atom stereocenters. The van der Waals surface area contributed by atoms with E-state index < -0.39 is 0 Å². The Morgan fingerprint density at radius 3 is 2.57 bits per heavy atom. The highest BCUT2D eigenvalue weighted by atomic mass is 16.5. The lowest BCUT2D eigenvalue weighted by molar-refractivity contribution is 0.135. The molecule has 2 aliphatic heterocycles. The third kappa shape index (κ3) is 2.27. The highest BCUT2D eigenvalue weighted by Crippen LogP contribution is 2.26. The zero-order valence-electron chi connectivity index (χ0n) is 9.33. The van der Waals surface area contributed by atoms with Crippen molar-refractivity contribution in [2.45, 2.75) is 6.92 Å². The zero-order valence-corrected chi connectivity index (χ0v) is 9.33. The van der Waals surface area contributed by atoms with Gasteiger partial charge < -0.3 is 15.0 Å². The van der Waals surface area contributed by atoms with Crippen molar-refractivity contribution in [1.29, 1.82) is 0 Å². The molecule has 0 aliphatic carbocycles. The molecule has 1 N–H and O–H groups in total. The molecular weight excluding hydrogens is 176 g/mol. The van der Waals surface area contributed by atoms with E-state index in [1.807, 2.05) is 0 Å². The van der Waals surface area contributed by atoms with Gasteiger partial charge in [0, 0.05) is 33.4 Å². The molecule has 0 aromatic carbocycles. The average Bonchev–Trinajstić information content (AvgIpc) is 2.63. The van der Waals surface area contributed by atoms with Crippen molar-refractivity contribution < 1.29 is 4.74 Å². The smallest absolute Gasteiger partial charge is 0.0500 e. The van der Waals surface area contributed by atoms with Gasteiger partial charge in [-0.1, -0.05) is 6.92 Å². The second-order valence-corrected chi connectivity index (χ2v) is 4.96. The standard InChI is InChI=1S/C11H22N2O/c1-9(8-14-2)5-13-6-10-3-12-4-11(10)7-13/h9-12H,3-8H2,1-2H3. The van der Waals surface area contributed by atoms with Gasteiger partial charge in [0.15, 0.2) is 0 Å². The van der Waals surface area contributed by atoms with E-state index in [9.17, 15) is 0 Å². The first-order chi connectivity index (χ1) is 6.79. The molecule has 3 nitrogen and oxygen atoms in total. The van der Waals surface area contributed by atoms with E-state index in [1.165, 1.54) is 32.7 Å². The summed E-state index contributed by atoms with van der Waals surface area (Å²) in [4.78, 5) is 2.61. The summed E-state index contributed by atoms with van der Waals surface area (Å²) in [6.45, 7) is 9.44. The molecule has 0 aromatic heterocycles. The van der Waals surface area contributed by atoms with Crippen LogP contribution >= 0.6 is 0 Å². The van der Waals surface area contributed by atoms with Gasteiger partial charge in [-0.2, -0.15) is 0 Å². The van der Waals surface area contributed by atoms with E-state index >= 15 is 0 Å². The van der Waals surface area contributed by atoms with Crippen molar-refractivity contribution in [3.8, 4) is 0 Å². The largest absolute Gasteiger partial charge is 0.384 e. The van der Waals surface area contributed by atoms with Gasteiger partial charge in [0.1, 0.15) is 0 Å². The lowest BCUT2D eigenvalue weighted by Crippen LogP contribution is -2.31. The van der Waals surface area contributed by atoms with Crippen LogP contribution in [0.1, 0.15) is 6.92 Å². The number of fused-ring (bicyclic) bond motifs is 1. The molecule has 3 atom stereocenters. The van der Waals surface area contributed by atoms with Gasteiger partial charge in [0.25, 0.3) is 0 Å². The van der Waals surface area contributed by atoms with Crippen molar-refractivity contribution in [3.05, 3.63) is 0 Å². The molecule has 2 heterocycles. The van der Waals surface area contributed by atoms with Crippen LogP contribution in [-0.4, -0.2) is 51.3 Å². The highest BCUT2D eigenvalue weighted by Gasteiger charge is 2.35. The summed E-state index contributed by atoms with van der Waals surface area (Å²) >= 11 is 0. The van der Waals surface area contributed by atoms with Gasteiger partial charge in [0.05, 0.1) is 0 Å². The Bertz CT molecular complexity index is 174. The first kappa shape index (κ1) is 10.4. The van der Waals surface area contributed by atoms with Gasteiger partial charge in [-0.05, 0) is 30.8 Å². The Balaban J connectivity index is 1.73. The number of likely N-dealkylation sites (tertiary alicyclic amines) is 1. The van der Waals surface area contributed by atoms with Gasteiger partial charge in [-0.15, -0.1) is 0 Å². The molecule has 2 rings (SSSR count). The summed E-state index contributed by atoms with van der Waals surface area (Å²) in [5.74, 6) is 2.52.